The number of aryl methyl sites for hydroxylation is 2. The first kappa shape index (κ1) is 11.8. The molecule has 0 saturated carbocycles. The van der Waals surface area contributed by atoms with Crippen LogP contribution in [0.2, 0.25) is 0 Å². The third-order valence-electron chi connectivity index (χ3n) is 3.14. The van der Waals surface area contributed by atoms with Crippen molar-refractivity contribution in [3.63, 3.8) is 0 Å². The summed E-state index contributed by atoms with van der Waals surface area (Å²) in [5, 5.41) is 12.9. The normalized spacial score (nSPS) is 18.8. The molecule has 5 heteroatoms. The molecule has 1 atom stereocenters. The van der Waals surface area contributed by atoms with E-state index < -0.39 is 5.97 Å². The molecule has 1 aromatic heterocycles. The van der Waals surface area contributed by atoms with E-state index in [2.05, 4.69) is 12.0 Å². The van der Waals surface area contributed by atoms with Gasteiger partial charge in [0.1, 0.15) is 0 Å². The van der Waals surface area contributed by atoms with E-state index in [1.807, 2.05) is 0 Å². The first-order valence-corrected chi connectivity index (χ1v) is 5.88. The number of nitrogens with zero attached hydrogens (tertiary/aromatic N) is 2. The monoisotopic (exact) mass is 236 g/mol. The lowest BCUT2D eigenvalue weighted by Crippen LogP contribution is -2.28. The van der Waals surface area contributed by atoms with Gasteiger partial charge in [-0.05, 0) is 30.7 Å². The fraction of sp³-hybridized carbons (Fsp3) is 0.583. The molecule has 0 aliphatic heterocycles. The van der Waals surface area contributed by atoms with Crippen molar-refractivity contribution >= 4 is 5.97 Å². The van der Waals surface area contributed by atoms with E-state index in [-0.39, 0.29) is 18.5 Å². The van der Waals surface area contributed by atoms with Crippen LogP contribution in [0.4, 0.5) is 0 Å². The minimum Gasteiger partial charge on any atom is -0.481 e. The van der Waals surface area contributed by atoms with Crippen molar-refractivity contribution in [1.82, 2.24) is 9.78 Å². The van der Waals surface area contributed by atoms with Crippen LogP contribution in [0.25, 0.3) is 0 Å². The van der Waals surface area contributed by atoms with Gasteiger partial charge in [-0.25, -0.2) is 4.68 Å². The molecule has 0 aromatic carbocycles. The van der Waals surface area contributed by atoms with Gasteiger partial charge in [0.25, 0.3) is 5.56 Å². The van der Waals surface area contributed by atoms with Gasteiger partial charge < -0.3 is 5.11 Å². The fourth-order valence-corrected chi connectivity index (χ4v) is 2.18. The van der Waals surface area contributed by atoms with Crippen LogP contribution in [0.3, 0.4) is 0 Å². The van der Waals surface area contributed by atoms with Crippen LogP contribution >= 0.6 is 0 Å². The summed E-state index contributed by atoms with van der Waals surface area (Å²) in [4.78, 5) is 22.2. The highest BCUT2D eigenvalue weighted by atomic mass is 16.4. The van der Waals surface area contributed by atoms with Crippen LogP contribution in [0.5, 0.6) is 0 Å². The number of carbonyl (C=O) groups is 1. The molecule has 1 aliphatic carbocycles. The van der Waals surface area contributed by atoms with Crippen LogP contribution < -0.4 is 5.56 Å². The van der Waals surface area contributed by atoms with Crippen LogP contribution in [-0.2, 0) is 24.2 Å². The highest BCUT2D eigenvalue weighted by molar-refractivity contribution is 5.66. The Morgan fingerprint density at radius 2 is 2.41 bits per heavy atom. The average Bonchev–Trinajstić information content (AvgIpc) is 2.26. The van der Waals surface area contributed by atoms with Crippen LogP contribution in [0.15, 0.2) is 10.9 Å². The molecule has 92 valence electrons. The third kappa shape index (κ3) is 2.72. The van der Waals surface area contributed by atoms with Gasteiger partial charge in [-0.15, -0.1) is 0 Å². The first-order chi connectivity index (χ1) is 8.06. The van der Waals surface area contributed by atoms with E-state index in [0.29, 0.717) is 5.92 Å². The van der Waals surface area contributed by atoms with E-state index in [1.54, 1.807) is 6.07 Å². The van der Waals surface area contributed by atoms with Crippen LogP contribution in [0, 0.1) is 5.92 Å². The molecule has 0 saturated heterocycles. The van der Waals surface area contributed by atoms with Crippen molar-refractivity contribution in [3.05, 3.63) is 27.7 Å². The van der Waals surface area contributed by atoms with Crippen molar-refractivity contribution < 1.29 is 9.90 Å². The average molecular weight is 236 g/mol. The topological polar surface area (TPSA) is 72.2 Å². The molecule has 0 fully saturated rings. The number of hydrogen-bond acceptors (Lipinski definition) is 3. The van der Waals surface area contributed by atoms with Gasteiger partial charge in [0, 0.05) is 6.07 Å². The molecule has 1 aliphatic rings. The third-order valence-corrected chi connectivity index (χ3v) is 3.14. The van der Waals surface area contributed by atoms with Gasteiger partial charge in [0.2, 0.25) is 0 Å². The number of hydrogen-bond donors (Lipinski definition) is 1. The Kier molecular flexibility index (Phi) is 3.26. The Labute approximate surface area is 99.1 Å². The number of carboxylic acids is 1. The van der Waals surface area contributed by atoms with Crippen molar-refractivity contribution in [1.29, 1.82) is 0 Å². The predicted molar refractivity (Wildman–Crippen MR) is 61.9 cm³/mol. The van der Waals surface area contributed by atoms with Gasteiger partial charge in [0.05, 0.1) is 18.7 Å². The molecular weight excluding hydrogens is 220 g/mol. The second-order valence-corrected chi connectivity index (χ2v) is 4.67. The number of fused-ring (bicyclic) bond motifs is 1. The smallest absolute Gasteiger partial charge is 0.305 e. The lowest BCUT2D eigenvalue weighted by molar-refractivity contribution is -0.137. The van der Waals surface area contributed by atoms with Gasteiger partial charge in [-0.3, -0.25) is 9.59 Å². The summed E-state index contributed by atoms with van der Waals surface area (Å²) in [5.74, 6) is -0.316. The summed E-state index contributed by atoms with van der Waals surface area (Å²) in [6.07, 6.45) is 2.79. The van der Waals surface area contributed by atoms with Gasteiger partial charge >= 0.3 is 5.97 Å². The molecule has 0 amide bonds. The zero-order valence-corrected chi connectivity index (χ0v) is 9.85. The van der Waals surface area contributed by atoms with Crippen molar-refractivity contribution in [2.45, 2.75) is 39.2 Å². The summed E-state index contributed by atoms with van der Waals surface area (Å²) < 4.78 is 1.27. The van der Waals surface area contributed by atoms with Gasteiger partial charge in [-0.2, -0.15) is 5.10 Å². The molecule has 1 N–H and O–H groups in total. The quantitative estimate of drug-likeness (QED) is 0.844. The van der Waals surface area contributed by atoms with E-state index >= 15 is 0 Å². The minimum absolute atomic E-state index is 0.0674. The summed E-state index contributed by atoms with van der Waals surface area (Å²) in [5.41, 5.74) is 1.78. The maximum Gasteiger partial charge on any atom is 0.305 e. The Morgan fingerprint density at radius 3 is 3.12 bits per heavy atom. The van der Waals surface area contributed by atoms with E-state index in [9.17, 15) is 9.59 Å². The molecule has 17 heavy (non-hydrogen) atoms. The standard InChI is InChI=1S/C12H16N2O3/c1-8-2-3-10-9(6-8)7-11(15)14(13-10)5-4-12(16)17/h7-8H,2-6H2,1H3,(H,16,17). The Morgan fingerprint density at radius 1 is 1.65 bits per heavy atom. The number of carboxylic acid groups (broad SMARTS) is 1. The molecule has 1 unspecified atom stereocenters. The van der Waals surface area contributed by atoms with Crippen molar-refractivity contribution in [2.75, 3.05) is 0 Å². The van der Waals surface area contributed by atoms with E-state index in [0.717, 1.165) is 30.5 Å². The summed E-state index contributed by atoms with van der Waals surface area (Å²) >= 11 is 0. The molecule has 0 spiro atoms. The molecule has 1 aromatic rings. The highest BCUT2D eigenvalue weighted by Gasteiger charge is 2.18. The molecule has 0 bridgehead atoms. The molecule has 1 heterocycles. The zero-order chi connectivity index (χ0) is 12.4. The van der Waals surface area contributed by atoms with Crippen LogP contribution in [0.1, 0.15) is 31.0 Å². The SMILES string of the molecule is CC1CCc2nn(CCC(=O)O)c(=O)cc2C1. The van der Waals surface area contributed by atoms with E-state index in [4.69, 9.17) is 5.11 Å². The Bertz CT molecular complexity index is 493. The van der Waals surface area contributed by atoms with E-state index in [1.165, 1.54) is 4.68 Å². The largest absolute Gasteiger partial charge is 0.481 e. The minimum atomic E-state index is -0.912. The number of aliphatic carboxylic acids is 1. The lowest BCUT2D eigenvalue weighted by Gasteiger charge is -2.20. The van der Waals surface area contributed by atoms with Crippen molar-refractivity contribution in [2.24, 2.45) is 5.92 Å². The second kappa shape index (κ2) is 4.69. The maximum atomic E-state index is 11.7. The maximum absolute atomic E-state index is 11.7. The predicted octanol–water partition coefficient (Wildman–Crippen LogP) is 0.843. The zero-order valence-electron chi connectivity index (χ0n) is 9.85. The molecule has 5 nitrogen and oxygen atoms in total. The summed E-state index contributed by atoms with van der Waals surface area (Å²) in [6.45, 7) is 2.32. The number of aromatic nitrogens is 2. The lowest BCUT2D eigenvalue weighted by atomic mass is 9.88. The number of rotatable bonds is 3. The van der Waals surface area contributed by atoms with Gasteiger partial charge in [-0.1, -0.05) is 6.92 Å². The molecule has 0 radical (unpaired) electrons. The first-order valence-electron chi connectivity index (χ1n) is 5.88. The summed E-state index contributed by atoms with van der Waals surface area (Å²) in [6, 6.07) is 1.61. The summed E-state index contributed by atoms with van der Waals surface area (Å²) in [7, 11) is 0. The Hall–Kier alpha value is -1.65. The molecule has 2 rings (SSSR count). The second-order valence-electron chi connectivity index (χ2n) is 4.67. The Balaban J connectivity index is 2.25. The van der Waals surface area contributed by atoms with Crippen LogP contribution in [-0.4, -0.2) is 20.9 Å². The van der Waals surface area contributed by atoms with Crippen molar-refractivity contribution in [3.8, 4) is 0 Å². The highest BCUT2D eigenvalue weighted by Crippen LogP contribution is 2.22. The molecular formula is C12H16N2O3. The fourth-order valence-electron chi connectivity index (χ4n) is 2.18. The van der Waals surface area contributed by atoms with Gasteiger partial charge in [0.15, 0.2) is 0 Å².